The fraction of sp³-hybridized carbons (Fsp3) is 0.846. The van der Waals surface area contributed by atoms with Gasteiger partial charge in [-0.05, 0) is 33.6 Å². The summed E-state index contributed by atoms with van der Waals surface area (Å²) in [5.74, 6) is 0.585. The zero-order chi connectivity index (χ0) is 13.8. The van der Waals surface area contributed by atoms with Gasteiger partial charge in [-0.1, -0.05) is 13.8 Å². The molecule has 0 fully saturated rings. The Labute approximate surface area is 109 Å². The minimum absolute atomic E-state index is 0.171. The van der Waals surface area contributed by atoms with Crippen molar-refractivity contribution in [2.75, 3.05) is 6.61 Å². The van der Waals surface area contributed by atoms with Crippen LogP contribution in [0.15, 0.2) is 6.33 Å². The van der Waals surface area contributed by atoms with Crippen molar-refractivity contribution in [2.24, 2.45) is 0 Å². The minimum atomic E-state index is -0.752. The molecule has 5 heteroatoms. The average Bonchev–Trinajstić information content (AvgIpc) is 2.84. The molecule has 0 radical (unpaired) electrons. The molecule has 18 heavy (non-hydrogen) atoms. The maximum absolute atomic E-state index is 10.6. The third-order valence-corrected chi connectivity index (χ3v) is 3.46. The average molecular weight is 255 g/mol. The smallest absolute Gasteiger partial charge is 0.158 e. The molecule has 0 saturated heterocycles. The molecule has 1 heterocycles. The molecule has 0 amide bonds. The van der Waals surface area contributed by atoms with Crippen LogP contribution in [0.5, 0.6) is 0 Å². The van der Waals surface area contributed by atoms with Crippen LogP contribution in [0.2, 0.25) is 0 Å². The second-order valence-electron chi connectivity index (χ2n) is 4.76. The predicted octanol–water partition coefficient (Wildman–Crippen LogP) is 2.49. The van der Waals surface area contributed by atoms with Crippen molar-refractivity contribution in [3.8, 4) is 0 Å². The highest BCUT2D eigenvalue weighted by Crippen LogP contribution is 2.34. The third-order valence-electron chi connectivity index (χ3n) is 3.46. The van der Waals surface area contributed by atoms with Gasteiger partial charge in [-0.3, -0.25) is 0 Å². The highest BCUT2D eigenvalue weighted by molar-refractivity contribution is 5.02. The molecule has 5 nitrogen and oxygen atoms in total. The number of rotatable bonds is 7. The minimum Gasteiger partial charge on any atom is -0.382 e. The van der Waals surface area contributed by atoms with Gasteiger partial charge in [0.15, 0.2) is 5.82 Å². The van der Waals surface area contributed by atoms with Crippen LogP contribution in [-0.2, 0) is 4.74 Å². The van der Waals surface area contributed by atoms with Gasteiger partial charge < -0.3 is 9.84 Å². The standard InChI is InChI=1S/C13H25N3O2/c1-6-13(7-2,18-8-3)11(17)12-14-9-15-16(12)10(4)5/h9-11,17H,6-8H2,1-5H3. The first-order valence-electron chi connectivity index (χ1n) is 6.73. The molecular formula is C13H25N3O2. The highest BCUT2D eigenvalue weighted by atomic mass is 16.5. The first kappa shape index (κ1) is 15.1. The van der Waals surface area contributed by atoms with Gasteiger partial charge in [-0.2, -0.15) is 5.10 Å². The van der Waals surface area contributed by atoms with Crippen LogP contribution >= 0.6 is 0 Å². The summed E-state index contributed by atoms with van der Waals surface area (Å²) in [7, 11) is 0. The van der Waals surface area contributed by atoms with Gasteiger partial charge in [-0.15, -0.1) is 0 Å². The lowest BCUT2D eigenvalue weighted by atomic mass is 9.89. The molecule has 0 aliphatic carbocycles. The van der Waals surface area contributed by atoms with Crippen molar-refractivity contribution in [1.29, 1.82) is 0 Å². The Morgan fingerprint density at radius 3 is 2.39 bits per heavy atom. The normalized spacial score (nSPS) is 14.2. The van der Waals surface area contributed by atoms with Gasteiger partial charge >= 0.3 is 0 Å². The monoisotopic (exact) mass is 255 g/mol. The fourth-order valence-electron chi connectivity index (χ4n) is 2.30. The number of hydrogen-bond donors (Lipinski definition) is 1. The Balaban J connectivity index is 3.09. The number of aromatic nitrogens is 3. The van der Waals surface area contributed by atoms with E-state index in [1.54, 1.807) is 4.68 Å². The summed E-state index contributed by atoms with van der Waals surface area (Å²) in [6, 6.07) is 0.171. The van der Waals surface area contributed by atoms with E-state index in [9.17, 15) is 5.11 Å². The number of aliphatic hydroxyl groups is 1. The van der Waals surface area contributed by atoms with Crippen molar-refractivity contribution in [3.63, 3.8) is 0 Å². The Bertz CT molecular complexity index is 359. The van der Waals surface area contributed by atoms with Gasteiger partial charge in [0, 0.05) is 12.6 Å². The van der Waals surface area contributed by atoms with Gasteiger partial charge in [-0.25, -0.2) is 9.67 Å². The molecule has 0 aliphatic rings. The Kier molecular flexibility index (Phi) is 5.28. The van der Waals surface area contributed by atoms with Crippen molar-refractivity contribution in [2.45, 2.75) is 65.2 Å². The molecule has 0 saturated carbocycles. The topological polar surface area (TPSA) is 60.2 Å². The summed E-state index contributed by atoms with van der Waals surface area (Å²) in [6.07, 6.45) is 2.21. The second-order valence-corrected chi connectivity index (χ2v) is 4.76. The molecule has 0 spiro atoms. The van der Waals surface area contributed by atoms with Crippen LogP contribution in [0.3, 0.4) is 0 Å². The molecule has 1 aromatic rings. The molecule has 1 unspecified atom stereocenters. The molecule has 104 valence electrons. The molecule has 1 aromatic heterocycles. The van der Waals surface area contributed by atoms with Crippen LogP contribution < -0.4 is 0 Å². The summed E-state index contributed by atoms with van der Waals surface area (Å²) >= 11 is 0. The number of nitrogens with zero attached hydrogens (tertiary/aromatic N) is 3. The van der Waals surface area contributed by atoms with Gasteiger partial charge in [0.25, 0.3) is 0 Å². The van der Waals surface area contributed by atoms with Crippen molar-refractivity contribution >= 4 is 0 Å². The van der Waals surface area contributed by atoms with Crippen molar-refractivity contribution < 1.29 is 9.84 Å². The number of aliphatic hydroxyl groups excluding tert-OH is 1. The Morgan fingerprint density at radius 1 is 1.33 bits per heavy atom. The summed E-state index contributed by atoms with van der Waals surface area (Å²) in [6.45, 7) is 10.6. The van der Waals surface area contributed by atoms with E-state index in [-0.39, 0.29) is 6.04 Å². The van der Waals surface area contributed by atoms with Crippen LogP contribution in [0.4, 0.5) is 0 Å². The maximum atomic E-state index is 10.6. The number of ether oxygens (including phenoxy) is 1. The van der Waals surface area contributed by atoms with E-state index in [0.29, 0.717) is 12.4 Å². The third kappa shape index (κ3) is 2.72. The van der Waals surface area contributed by atoms with Gasteiger partial charge in [0.2, 0.25) is 0 Å². The lowest BCUT2D eigenvalue weighted by Crippen LogP contribution is -2.40. The zero-order valence-electron chi connectivity index (χ0n) is 12.1. The van der Waals surface area contributed by atoms with Crippen LogP contribution in [0.25, 0.3) is 0 Å². The molecule has 0 aliphatic heterocycles. The molecule has 0 aromatic carbocycles. The van der Waals surface area contributed by atoms with Crippen LogP contribution in [-0.4, -0.2) is 32.1 Å². The van der Waals surface area contributed by atoms with E-state index in [1.807, 2.05) is 34.6 Å². The van der Waals surface area contributed by atoms with E-state index in [0.717, 1.165) is 12.8 Å². The Morgan fingerprint density at radius 2 is 1.94 bits per heavy atom. The molecule has 1 rings (SSSR count). The van der Waals surface area contributed by atoms with Gasteiger partial charge in [0.05, 0.1) is 0 Å². The zero-order valence-corrected chi connectivity index (χ0v) is 12.1. The van der Waals surface area contributed by atoms with E-state index >= 15 is 0 Å². The first-order valence-corrected chi connectivity index (χ1v) is 6.73. The molecular weight excluding hydrogens is 230 g/mol. The van der Waals surface area contributed by atoms with Crippen molar-refractivity contribution in [1.82, 2.24) is 14.8 Å². The quantitative estimate of drug-likeness (QED) is 0.813. The summed E-state index contributed by atoms with van der Waals surface area (Å²) in [5.41, 5.74) is -0.575. The second kappa shape index (κ2) is 6.29. The van der Waals surface area contributed by atoms with E-state index < -0.39 is 11.7 Å². The van der Waals surface area contributed by atoms with Crippen LogP contribution in [0, 0.1) is 0 Å². The molecule has 0 bridgehead atoms. The van der Waals surface area contributed by atoms with Crippen molar-refractivity contribution in [3.05, 3.63) is 12.2 Å². The largest absolute Gasteiger partial charge is 0.382 e. The number of hydrogen-bond acceptors (Lipinski definition) is 4. The summed E-state index contributed by atoms with van der Waals surface area (Å²) in [5, 5.41) is 14.8. The lowest BCUT2D eigenvalue weighted by molar-refractivity contribution is -0.131. The summed E-state index contributed by atoms with van der Waals surface area (Å²) < 4.78 is 7.57. The van der Waals surface area contributed by atoms with E-state index in [2.05, 4.69) is 10.1 Å². The highest BCUT2D eigenvalue weighted by Gasteiger charge is 2.39. The lowest BCUT2D eigenvalue weighted by Gasteiger charge is -2.36. The molecule has 1 atom stereocenters. The van der Waals surface area contributed by atoms with Gasteiger partial charge in [0.1, 0.15) is 18.0 Å². The maximum Gasteiger partial charge on any atom is 0.158 e. The SMILES string of the molecule is CCOC(CC)(CC)C(O)c1ncnn1C(C)C. The fourth-order valence-corrected chi connectivity index (χ4v) is 2.30. The summed E-state index contributed by atoms with van der Waals surface area (Å²) in [4.78, 5) is 4.20. The van der Waals surface area contributed by atoms with Crippen LogP contribution in [0.1, 0.15) is 65.4 Å². The predicted molar refractivity (Wildman–Crippen MR) is 70.3 cm³/mol. The van der Waals surface area contributed by atoms with E-state index in [4.69, 9.17) is 4.74 Å². The Hall–Kier alpha value is -0.940. The van der Waals surface area contributed by atoms with E-state index in [1.165, 1.54) is 6.33 Å². The first-order chi connectivity index (χ1) is 8.52. The molecule has 1 N–H and O–H groups in total.